The zero-order valence-corrected chi connectivity index (χ0v) is 28.0. The third-order valence-corrected chi connectivity index (χ3v) is 8.33. The van der Waals surface area contributed by atoms with E-state index in [1.165, 1.54) is 16.7 Å². The van der Waals surface area contributed by atoms with Gasteiger partial charge in [-0.25, -0.2) is 4.79 Å². The van der Waals surface area contributed by atoms with E-state index < -0.39 is 78.4 Å². The number of thioether (sulfide) groups is 1. The summed E-state index contributed by atoms with van der Waals surface area (Å²) in [6.45, 7) is 3.51. The molecular weight excluding hydrogens is 626 g/mol. The van der Waals surface area contributed by atoms with Gasteiger partial charge in [-0.3, -0.25) is 24.0 Å². The van der Waals surface area contributed by atoms with E-state index in [2.05, 4.69) is 33.9 Å². The molecule has 6 unspecified atom stereocenters. The maximum Gasteiger partial charge on any atom is 0.326 e. The third kappa shape index (κ3) is 13.7. The number of carbonyl (C=O) groups is 6. The van der Waals surface area contributed by atoms with Gasteiger partial charge >= 0.3 is 5.97 Å². The fraction of sp³-hybridized carbons (Fsp3) is 0.786. The standard InChI is InChI=1S/C28H51N7O8S2/c1-16(2)13-19(27(41)35-11-6-8-22(35)28(42)43)32-24(38)18(7-4-5-10-29)31-25(39)20(14-36)33-26(40)21(15-44)34-23(37)17(30)9-12-45-3/h16-22,36,44H,4-15,29-30H2,1-3H3,(H,31,39)(H,32,38)(H,33,40)(H,34,37)(H,42,43). The summed E-state index contributed by atoms with van der Waals surface area (Å²) < 4.78 is 0. The Morgan fingerprint density at radius 1 is 0.911 bits per heavy atom. The molecule has 0 aromatic rings. The van der Waals surface area contributed by atoms with Crippen LogP contribution in [0.3, 0.4) is 0 Å². The van der Waals surface area contributed by atoms with Gasteiger partial charge in [0.05, 0.1) is 12.6 Å². The number of thiol groups is 1. The van der Waals surface area contributed by atoms with Gasteiger partial charge in [-0.1, -0.05) is 13.8 Å². The molecule has 10 N–H and O–H groups in total. The molecule has 5 amide bonds. The molecule has 45 heavy (non-hydrogen) atoms. The zero-order valence-electron chi connectivity index (χ0n) is 26.3. The summed E-state index contributed by atoms with van der Waals surface area (Å²) >= 11 is 5.63. The van der Waals surface area contributed by atoms with Crippen molar-refractivity contribution in [2.75, 3.05) is 37.5 Å². The average Bonchev–Trinajstić information content (AvgIpc) is 3.50. The lowest BCUT2D eigenvalue weighted by Gasteiger charge is -2.30. The SMILES string of the molecule is CSCCC(N)C(=O)NC(CS)C(=O)NC(CO)C(=O)NC(CCCCN)C(=O)NC(CC(C)C)C(=O)N1CCCC1C(=O)O. The molecule has 0 saturated carbocycles. The second kappa shape index (κ2) is 21.2. The molecule has 6 atom stereocenters. The highest BCUT2D eigenvalue weighted by Crippen LogP contribution is 2.20. The van der Waals surface area contributed by atoms with Crippen molar-refractivity contribution < 1.29 is 39.0 Å². The Kier molecular flexibility index (Phi) is 19.1. The molecular formula is C28H51N7O8S2. The molecule has 258 valence electrons. The summed E-state index contributed by atoms with van der Waals surface area (Å²) in [5.74, 6) is -3.99. The molecule has 1 heterocycles. The van der Waals surface area contributed by atoms with Crippen LogP contribution in [-0.4, -0.2) is 124 Å². The van der Waals surface area contributed by atoms with E-state index in [9.17, 15) is 39.0 Å². The average molecular weight is 678 g/mol. The van der Waals surface area contributed by atoms with Crippen molar-refractivity contribution in [3.05, 3.63) is 0 Å². The van der Waals surface area contributed by atoms with Crippen LogP contribution in [0.5, 0.6) is 0 Å². The number of unbranched alkanes of at least 4 members (excludes halogenated alkanes) is 1. The fourth-order valence-corrected chi connectivity index (χ4v) is 5.55. The number of aliphatic carboxylic acids is 1. The monoisotopic (exact) mass is 677 g/mol. The molecule has 1 fully saturated rings. The number of nitrogens with two attached hydrogens (primary N) is 2. The number of nitrogens with one attached hydrogen (secondary N) is 4. The van der Waals surface area contributed by atoms with Crippen LogP contribution in [0, 0.1) is 5.92 Å². The molecule has 15 nitrogen and oxygen atoms in total. The van der Waals surface area contributed by atoms with Crippen molar-refractivity contribution >= 4 is 59.9 Å². The minimum Gasteiger partial charge on any atom is -0.480 e. The smallest absolute Gasteiger partial charge is 0.326 e. The Morgan fingerprint density at radius 3 is 2.04 bits per heavy atom. The van der Waals surface area contributed by atoms with Gasteiger partial charge < -0.3 is 47.8 Å². The minimum atomic E-state index is -1.47. The van der Waals surface area contributed by atoms with Gasteiger partial charge in [0.15, 0.2) is 0 Å². The molecule has 0 radical (unpaired) electrons. The number of nitrogens with zero attached hydrogens (tertiary/aromatic N) is 1. The molecule has 0 bridgehead atoms. The maximum atomic E-state index is 13.5. The second-order valence-corrected chi connectivity index (χ2v) is 12.8. The molecule has 1 aliphatic rings. The van der Waals surface area contributed by atoms with Crippen molar-refractivity contribution in [1.82, 2.24) is 26.2 Å². The Morgan fingerprint density at radius 2 is 1.49 bits per heavy atom. The summed E-state index contributed by atoms with van der Waals surface area (Å²) in [6.07, 6.45) is 4.49. The molecule has 1 saturated heterocycles. The fourth-order valence-electron chi connectivity index (χ4n) is 4.80. The summed E-state index contributed by atoms with van der Waals surface area (Å²) in [7, 11) is 0. The highest BCUT2D eigenvalue weighted by atomic mass is 32.2. The predicted octanol–water partition coefficient (Wildman–Crippen LogP) is -1.82. The van der Waals surface area contributed by atoms with Gasteiger partial charge in [0.25, 0.3) is 0 Å². The first-order valence-electron chi connectivity index (χ1n) is 15.2. The summed E-state index contributed by atoms with van der Waals surface area (Å²) in [5.41, 5.74) is 11.5. The van der Waals surface area contributed by atoms with Crippen LogP contribution in [0.15, 0.2) is 0 Å². The van der Waals surface area contributed by atoms with Crippen LogP contribution >= 0.6 is 24.4 Å². The maximum absolute atomic E-state index is 13.5. The Labute approximate surface area is 274 Å². The number of carboxylic acid groups (broad SMARTS) is 1. The molecule has 1 aliphatic heterocycles. The quantitative estimate of drug-likeness (QED) is 0.0483. The van der Waals surface area contributed by atoms with Crippen LogP contribution in [0.4, 0.5) is 0 Å². The molecule has 1 rings (SSSR count). The van der Waals surface area contributed by atoms with Crippen molar-refractivity contribution in [3.8, 4) is 0 Å². The molecule has 0 aliphatic carbocycles. The highest BCUT2D eigenvalue weighted by molar-refractivity contribution is 7.98. The Balaban J connectivity index is 3.04. The molecule has 17 heteroatoms. The van der Waals surface area contributed by atoms with Crippen LogP contribution in [0.1, 0.15) is 58.8 Å². The van der Waals surface area contributed by atoms with E-state index in [0.717, 1.165) is 0 Å². The van der Waals surface area contributed by atoms with E-state index in [-0.39, 0.29) is 31.1 Å². The van der Waals surface area contributed by atoms with Gasteiger partial charge in [-0.15, -0.1) is 0 Å². The lowest BCUT2D eigenvalue weighted by atomic mass is 10.0. The van der Waals surface area contributed by atoms with Crippen molar-refractivity contribution in [3.63, 3.8) is 0 Å². The van der Waals surface area contributed by atoms with Gasteiger partial charge in [0.1, 0.15) is 30.2 Å². The van der Waals surface area contributed by atoms with Crippen LogP contribution in [0.2, 0.25) is 0 Å². The lowest BCUT2D eigenvalue weighted by molar-refractivity contribution is -0.149. The molecule has 0 aromatic heterocycles. The Bertz CT molecular complexity index is 1010. The molecule has 0 aromatic carbocycles. The van der Waals surface area contributed by atoms with Crippen molar-refractivity contribution in [2.24, 2.45) is 17.4 Å². The highest BCUT2D eigenvalue weighted by Gasteiger charge is 2.39. The first-order valence-corrected chi connectivity index (χ1v) is 17.2. The summed E-state index contributed by atoms with van der Waals surface area (Å²) in [4.78, 5) is 78.3. The Hall–Kier alpha value is -2.60. The van der Waals surface area contributed by atoms with Crippen molar-refractivity contribution in [2.45, 2.75) is 95.0 Å². The van der Waals surface area contributed by atoms with E-state index in [1.807, 2.05) is 20.1 Å². The molecule has 0 spiro atoms. The minimum absolute atomic E-state index is 0.0234. The third-order valence-electron chi connectivity index (χ3n) is 7.32. The summed E-state index contributed by atoms with van der Waals surface area (Å²) in [6, 6.07) is -6.61. The van der Waals surface area contributed by atoms with Gasteiger partial charge in [0, 0.05) is 12.3 Å². The number of aliphatic hydroxyl groups excluding tert-OH is 1. The lowest BCUT2D eigenvalue weighted by Crippen LogP contribution is -2.60. The summed E-state index contributed by atoms with van der Waals surface area (Å²) in [5, 5.41) is 29.6. The number of hydrogen-bond acceptors (Lipinski definition) is 11. The zero-order chi connectivity index (χ0) is 34.1. The van der Waals surface area contributed by atoms with Gasteiger partial charge in [0.2, 0.25) is 29.5 Å². The normalized spacial score (nSPS) is 18.0. The van der Waals surface area contributed by atoms with Crippen LogP contribution < -0.4 is 32.7 Å². The number of rotatable bonds is 21. The number of amides is 5. The van der Waals surface area contributed by atoms with E-state index in [0.29, 0.717) is 44.4 Å². The number of likely N-dealkylation sites (tertiary alicyclic amines) is 1. The van der Waals surface area contributed by atoms with Crippen LogP contribution in [-0.2, 0) is 28.8 Å². The van der Waals surface area contributed by atoms with Gasteiger partial charge in [-0.05, 0) is 69.4 Å². The van der Waals surface area contributed by atoms with E-state index in [1.54, 1.807) is 0 Å². The van der Waals surface area contributed by atoms with E-state index in [4.69, 9.17) is 11.5 Å². The van der Waals surface area contributed by atoms with Gasteiger partial charge in [-0.2, -0.15) is 24.4 Å². The number of carboxylic acids is 1. The van der Waals surface area contributed by atoms with E-state index >= 15 is 0 Å². The van der Waals surface area contributed by atoms with Crippen molar-refractivity contribution in [1.29, 1.82) is 0 Å². The largest absolute Gasteiger partial charge is 0.480 e. The first kappa shape index (κ1) is 40.4. The number of hydrogen-bond donors (Lipinski definition) is 9. The predicted molar refractivity (Wildman–Crippen MR) is 174 cm³/mol. The topological polar surface area (TPSA) is 246 Å². The number of aliphatic hydroxyl groups is 1. The van der Waals surface area contributed by atoms with Crippen LogP contribution in [0.25, 0.3) is 0 Å². The first-order chi connectivity index (χ1) is 21.3. The second-order valence-electron chi connectivity index (χ2n) is 11.4. The number of carbonyl (C=O) groups excluding carboxylic acids is 5.